The van der Waals surface area contributed by atoms with Crippen LogP contribution in [0.1, 0.15) is 68.2 Å². The molecule has 0 atom stereocenters. The Balaban J connectivity index is 1.39. The SMILES string of the molecule is Cc1ncc(NC(=O)c2ccnc(C3CC3)c2)cc1-c1cccc(B2OC(C)(C)C(C)(C)O2)c1. The summed E-state index contributed by atoms with van der Waals surface area (Å²) in [6, 6.07) is 13.7. The van der Waals surface area contributed by atoms with Crippen LogP contribution in [0.3, 0.4) is 0 Å². The van der Waals surface area contributed by atoms with Crippen molar-refractivity contribution in [3.05, 3.63) is 71.8 Å². The number of hydrogen-bond acceptors (Lipinski definition) is 5. The van der Waals surface area contributed by atoms with Crippen LogP contribution in [-0.4, -0.2) is 34.2 Å². The molecule has 174 valence electrons. The van der Waals surface area contributed by atoms with Gasteiger partial charge in [-0.1, -0.05) is 24.3 Å². The third-order valence-electron chi connectivity index (χ3n) is 7.11. The zero-order valence-electron chi connectivity index (χ0n) is 20.4. The Morgan fingerprint density at radius 1 is 1.03 bits per heavy atom. The molecule has 6 nitrogen and oxygen atoms in total. The van der Waals surface area contributed by atoms with Gasteiger partial charge in [0.05, 0.1) is 23.1 Å². The van der Waals surface area contributed by atoms with Crippen molar-refractivity contribution in [2.75, 3.05) is 5.32 Å². The number of aromatic nitrogens is 2. The van der Waals surface area contributed by atoms with Crippen LogP contribution in [0, 0.1) is 6.92 Å². The summed E-state index contributed by atoms with van der Waals surface area (Å²) in [6.07, 6.45) is 5.70. The number of aryl methyl sites for hydroxylation is 1. The lowest BCUT2D eigenvalue weighted by molar-refractivity contribution is 0.00578. The maximum absolute atomic E-state index is 12.9. The van der Waals surface area contributed by atoms with Gasteiger partial charge in [-0.15, -0.1) is 0 Å². The Bertz CT molecular complexity index is 1240. The first-order valence-electron chi connectivity index (χ1n) is 11.8. The molecule has 1 N–H and O–H groups in total. The second-order valence-corrected chi connectivity index (χ2v) is 10.3. The Morgan fingerprint density at radius 2 is 1.76 bits per heavy atom. The molecule has 1 saturated heterocycles. The average Bonchev–Trinajstić information content (AvgIpc) is 3.62. The second kappa shape index (κ2) is 8.33. The lowest BCUT2D eigenvalue weighted by atomic mass is 9.78. The molecule has 0 spiro atoms. The molecule has 5 rings (SSSR count). The third-order valence-corrected chi connectivity index (χ3v) is 7.11. The van der Waals surface area contributed by atoms with Gasteiger partial charge in [0.1, 0.15) is 0 Å². The van der Waals surface area contributed by atoms with Crippen molar-refractivity contribution in [2.45, 2.75) is 64.6 Å². The molecule has 3 aromatic rings. The number of pyridine rings is 2. The second-order valence-electron chi connectivity index (χ2n) is 10.3. The molecule has 1 aromatic carbocycles. The van der Waals surface area contributed by atoms with Crippen LogP contribution in [0.4, 0.5) is 5.69 Å². The molecular weight excluding hydrogens is 425 g/mol. The van der Waals surface area contributed by atoms with Gasteiger partial charge in [-0.3, -0.25) is 14.8 Å². The minimum Gasteiger partial charge on any atom is -0.399 e. The number of amides is 1. The van der Waals surface area contributed by atoms with Crippen molar-refractivity contribution in [2.24, 2.45) is 0 Å². The first-order chi connectivity index (χ1) is 16.1. The summed E-state index contributed by atoms with van der Waals surface area (Å²) in [5.74, 6) is 0.337. The highest BCUT2D eigenvalue weighted by Gasteiger charge is 2.51. The smallest absolute Gasteiger partial charge is 0.399 e. The summed E-state index contributed by atoms with van der Waals surface area (Å²) in [5.41, 5.74) is 5.23. The summed E-state index contributed by atoms with van der Waals surface area (Å²) in [4.78, 5) is 21.8. The van der Waals surface area contributed by atoms with E-state index in [1.165, 1.54) is 0 Å². The molecule has 1 saturated carbocycles. The quantitative estimate of drug-likeness (QED) is 0.555. The summed E-state index contributed by atoms with van der Waals surface area (Å²) < 4.78 is 12.5. The van der Waals surface area contributed by atoms with Crippen molar-refractivity contribution in [1.29, 1.82) is 0 Å². The summed E-state index contributed by atoms with van der Waals surface area (Å²) in [7, 11) is -0.437. The number of anilines is 1. The largest absolute Gasteiger partial charge is 0.494 e. The maximum Gasteiger partial charge on any atom is 0.494 e. The molecule has 0 unspecified atom stereocenters. The highest BCUT2D eigenvalue weighted by molar-refractivity contribution is 6.62. The predicted molar refractivity (Wildman–Crippen MR) is 134 cm³/mol. The Labute approximate surface area is 201 Å². The fourth-order valence-corrected chi connectivity index (χ4v) is 4.12. The molecule has 1 aliphatic carbocycles. The van der Waals surface area contributed by atoms with Gasteiger partial charge >= 0.3 is 7.12 Å². The Hall–Kier alpha value is -3.03. The van der Waals surface area contributed by atoms with Gasteiger partial charge in [0.25, 0.3) is 5.91 Å². The highest BCUT2D eigenvalue weighted by Crippen LogP contribution is 2.39. The Morgan fingerprint density at radius 3 is 2.47 bits per heavy atom. The van der Waals surface area contributed by atoms with E-state index in [1.807, 2.05) is 65.0 Å². The predicted octanol–water partition coefficient (Wildman–Crippen LogP) is 4.88. The van der Waals surface area contributed by atoms with Crippen LogP contribution < -0.4 is 10.8 Å². The van der Waals surface area contributed by atoms with Gasteiger partial charge in [0, 0.05) is 34.6 Å². The Kier molecular flexibility index (Phi) is 5.57. The standard InChI is InChI=1S/C27H30BN3O3/c1-17-23(19-7-6-8-21(13-19)28-33-26(2,3)27(4,5)34-28)15-22(16-30-17)31-25(32)20-11-12-29-24(14-20)18-9-10-18/h6-8,11-16,18H,9-10H2,1-5H3,(H,31,32). The van der Waals surface area contributed by atoms with E-state index < -0.39 is 18.3 Å². The van der Waals surface area contributed by atoms with E-state index in [9.17, 15) is 4.79 Å². The molecule has 2 aliphatic rings. The zero-order chi connectivity index (χ0) is 24.1. The minimum absolute atomic E-state index is 0.160. The molecule has 0 bridgehead atoms. The molecule has 1 aliphatic heterocycles. The minimum atomic E-state index is -0.437. The zero-order valence-corrected chi connectivity index (χ0v) is 20.4. The van der Waals surface area contributed by atoms with Gasteiger partial charge in [-0.25, -0.2) is 0 Å². The number of benzene rings is 1. The molecule has 34 heavy (non-hydrogen) atoms. The molecule has 2 aromatic heterocycles. The number of carbonyl (C=O) groups excluding carboxylic acids is 1. The lowest BCUT2D eigenvalue weighted by Gasteiger charge is -2.32. The first-order valence-corrected chi connectivity index (χ1v) is 11.8. The number of nitrogens with zero attached hydrogens (tertiary/aromatic N) is 2. The molecule has 7 heteroatoms. The van der Waals surface area contributed by atoms with Crippen molar-refractivity contribution in [3.63, 3.8) is 0 Å². The van der Waals surface area contributed by atoms with Gasteiger partial charge < -0.3 is 14.6 Å². The van der Waals surface area contributed by atoms with E-state index in [-0.39, 0.29) is 5.91 Å². The molecule has 2 fully saturated rings. The van der Waals surface area contributed by atoms with Crippen molar-refractivity contribution >= 4 is 24.2 Å². The van der Waals surface area contributed by atoms with Crippen LogP contribution in [0.5, 0.6) is 0 Å². The van der Waals surface area contributed by atoms with Crippen LogP contribution in [0.2, 0.25) is 0 Å². The molecular formula is C27H30BN3O3. The normalized spacial score (nSPS) is 18.7. The fraction of sp³-hybridized carbons (Fsp3) is 0.370. The number of nitrogens with one attached hydrogen (secondary N) is 1. The van der Waals surface area contributed by atoms with E-state index in [0.29, 0.717) is 17.2 Å². The molecule has 3 heterocycles. The third kappa shape index (κ3) is 4.38. The first kappa shape index (κ1) is 22.8. The van der Waals surface area contributed by atoms with Gasteiger partial charge in [0.2, 0.25) is 0 Å². The summed E-state index contributed by atoms with van der Waals surface area (Å²) in [5, 5.41) is 2.99. The van der Waals surface area contributed by atoms with Crippen LogP contribution in [0.25, 0.3) is 11.1 Å². The van der Waals surface area contributed by atoms with Crippen molar-refractivity contribution in [1.82, 2.24) is 9.97 Å². The average molecular weight is 455 g/mol. The van der Waals surface area contributed by atoms with Crippen molar-refractivity contribution in [3.8, 4) is 11.1 Å². The number of rotatable bonds is 5. The maximum atomic E-state index is 12.9. The van der Waals surface area contributed by atoms with E-state index >= 15 is 0 Å². The van der Waals surface area contributed by atoms with Gasteiger partial charge in [0.15, 0.2) is 0 Å². The number of hydrogen-bond donors (Lipinski definition) is 1. The van der Waals surface area contributed by atoms with Crippen LogP contribution in [0.15, 0.2) is 54.9 Å². The highest BCUT2D eigenvalue weighted by atomic mass is 16.7. The summed E-state index contributed by atoms with van der Waals surface area (Å²) >= 11 is 0. The van der Waals surface area contributed by atoms with Crippen LogP contribution in [-0.2, 0) is 9.31 Å². The van der Waals surface area contributed by atoms with E-state index in [0.717, 1.165) is 40.8 Å². The monoisotopic (exact) mass is 455 g/mol. The van der Waals surface area contributed by atoms with E-state index in [1.54, 1.807) is 18.5 Å². The molecule has 0 radical (unpaired) electrons. The fourth-order valence-electron chi connectivity index (χ4n) is 4.12. The van der Waals surface area contributed by atoms with Crippen LogP contribution >= 0.6 is 0 Å². The van der Waals surface area contributed by atoms with E-state index in [4.69, 9.17) is 9.31 Å². The van der Waals surface area contributed by atoms with Gasteiger partial charge in [-0.05, 0) is 76.7 Å². The molecule has 1 amide bonds. The number of carbonyl (C=O) groups is 1. The lowest BCUT2D eigenvalue weighted by Crippen LogP contribution is -2.41. The van der Waals surface area contributed by atoms with Gasteiger partial charge in [-0.2, -0.15) is 0 Å². The van der Waals surface area contributed by atoms with Crippen molar-refractivity contribution < 1.29 is 14.1 Å². The topological polar surface area (TPSA) is 73.3 Å². The van der Waals surface area contributed by atoms with E-state index in [2.05, 4.69) is 21.4 Å². The summed E-state index contributed by atoms with van der Waals surface area (Å²) in [6.45, 7) is 10.2.